The summed E-state index contributed by atoms with van der Waals surface area (Å²) in [7, 11) is 1.60. The number of nitrogens with one attached hydrogen (secondary N) is 1. The zero-order chi connectivity index (χ0) is 13.8. The van der Waals surface area contributed by atoms with Crippen LogP contribution in [0.4, 0.5) is 0 Å². The molecule has 18 heavy (non-hydrogen) atoms. The van der Waals surface area contributed by atoms with Crippen LogP contribution in [0.3, 0.4) is 0 Å². The Morgan fingerprint density at radius 1 is 1.33 bits per heavy atom. The highest BCUT2D eigenvalue weighted by molar-refractivity contribution is 5.85. The molecule has 0 aliphatic heterocycles. The van der Waals surface area contributed by atoms with Gasteiger partial charge in [-0.05, 0) is 26.7 Å². The molecule has 1 rings (SSSR count). The molecule has 1 saturated carbocycles. The largest absolute Gasteiger partial charge is 0.389 e. The monoisotopic (exact) mass is 256 g/mol. The molecule has 1 aliphatic rings. The van der Waals surface area contributed by atoms with Crippen molar-refractivity contribution in [2.45, 2.75) is 57.6 Å². The molecule has 1 fully saturated rings. The fraction of sp³-hybridized carbons (Fsp3) is 0.846. The molecule has 0 unspecified atom stereocenters. The summed E-state index contributed by atoms with van der Waals surface area (Å²) in [5.74, 6) is -0.336. The normalized spacial score (nSPS) is 17.8. The maximum absolute atomic E-state index is 11.9. The molecule has 5 nitrogen and oxygen atoms in total. The van der Waals surface area contributed by atoms with E-state index in [0.717, 1.165) is 12.8 Å². The molecule has 0 aromatic carbocycles. The van der Waals surface area contributed by atoms with E-state index in [1.54, 1.807) is 7.05 Å². The van der Waals surface area contributed by atoms with Crippen molar-refractivity contribution < 1.29 is 14.7 Å². The van der Waals surface area contributed by atoms with E-state index in [4.69, 9.17) is 0 Å². The number of hydrogen-bond acceptors (Lipinski definition) is 3. The van der Waals surface area contributed by atoms with Crippen molar-refractivity contribution in [3.05, 3.63) is 0 Å². The van der Waals surface area contributed by atoms with Crippen LogP contribution in [0, 0.1) is 0 Å². The minimum absolute atomic E-state index is 0.0487. The van der Waals surface area contributed by atoms with Crippen molar-refractivity contribution in [3.63, 3.8) is 0 Å². The zero-order valence-electron chi connectivity index (χ0n) is 11.5. The molecule has 5 heteroatoms. The standard InChI is InChI=1S/C13H24N2O3/c1-10(2)14-11(16)9-15(3)12(17)8-13(18)6-4-5-7-13/h10,18H,4-9H2,1-3H3,(H,14,16). The molecule has 104 valence electrons. The van der Waals surface area contributed by atoms with Crippen LogP contribution in [-0.4, -0.2) is 47.1 Å². The highest BCUT2D eigenvalue weighted by Gasteiger charge is 2.34. The van der Waals surface area contributed by atoms with Gasteiger partial charge in [0, 0.05) is 13.1 Å². The molecule has 0 atom stereocenters. The number of carbonyl (C=O) groups is 2. The van der Waals surface area contributed by atoms with E-state index in [9.17, 15) is 14.7 Å². The van der Waals surface area contributed by atoms with Gasteiger partial charge in [-0.15, -0.1) is 0 Å². The zero-order valence-corrected chi connectivity index (χ0v) is 11.5. The van der Waals surface area contributed by atoms with Gasteiger partial charge in [0.1, 0.15) is 0 Å². The van der Waals surface area contributed by atoms with E-state index in [0.29, 0.717) is 12.8 Å². The Balaban J connectivity index is 2.39. The van der Waals surface area contributed by atoms with Crippen molar-refractivity contribution in [3.8, 4) is 0 Å². The first-order valence-electron chi connectivity index (χ1n) is 6.58. The highest BCUT2D eigenvalue weighted by atomic mass is 16.3. The summed E-state index contributed by atoms with van der Waals surface area (Å²) in [5, 5.41) is 12.9. The van der Waals surface area contributed by atoms with Crippen molar-refractivity contribution in [2.24, 2.45) is 0 Å². The summed E-state index contributed by atoms with van der Waals surface area (Å²) in [6.45, 7) is 3.80. The van der Waals surface area contributed by atoms with Crippen LogP contribution in [0.15, 0.2) is 0 Å². The average Bonchev–Trinajstić information content (AvgIpc) is 2.63. The van der Waals surface area contributed by atoms with Crippen molar-refractivity contribution >= 4 is 11.8 Å². The maximum Gasteiger partial charge on any atom is 0.239 e. The lowest BCUT2D eigenvalue weighted by molar-refractivity contribution is -0.138. The molecule has 2 N–H and O–H groups in total. The summed E-state index contributed by atoms with van der Waals surface area (Å²) in [5.41, 5.74) is -0.847. The first-order valence-corrected chi connectivity index (χ1v) is 6.58. The van der Waals surface area contributed by atoms with Crippen LogP contribution in [0.25, 0.3) is 0 Å². The number of hydrogen-bond donors (Lipinski definition) is 2. The van der Waals surface area contributed by atoms with E-state index in [2.05, 4.69) is 5.32 Å². The van der Waals surface area contributed by atoms with Gasteiger partial charge in [-0.25, -0.2) is 0 Å². The van der Waals surface area contributed by atoms with E-state index >= 15 is 0 Å². The van der Waals surface area contributed by atoms with E-state index < -0.39 is 5.60 Å². The molecule has 0 radical (unpaired) electrons. The molecule has 0 bridgehead atoms. The lowest BCUT2D eigenvalue weighted by Crippen LogP contribution is -2.43. The van der Waals surface area contributed by atoms with Crippen LogP contribution in [-0.2, 0) is 9.59 Å². The summed E-state index contributed by atoms with van der Waals surface area (Å²) in [6.07, 6.45) is 3.44. The SMILES string of the molecule is CC(C)NC(=O)CN(C)C(=O)CC1(O)CCCC1. The van der Waals surface area contributed by atoms with Crippen molar-refractivity contribution in [1.29, 1.82) is 0 Å². The van der Waals surface area contributed by atoms with E-state index in [1.165, 1.54) is 4.90 Å². The van der Waals surface area contributed by atoms with Gasteiger partial charge in [-0.2, -0.15) is 0 Å². The predicted octanol–water partition coefficient (Wildman–Crippen LogP) is 0.665. The first-order chi connectivity index (χ1) is 8.32. The third-order valence-corrected chi connectivity index (χ3v) is 3.27. The summed E-state index contributed by atoms with van der Waals surface area (Å²) >= 11 is 0. The number of amides is 2. The van der Waals surface area contributed by atoms with Crippen LogP contribution in [0.5, 0.6) is 0 Å². The number of rotatable bonds is 5. The predicted molar refractivity (Wildman–Crippen MR) is 69.0 cm³/mol. The van der Waals surface area contributed by atoms with Gasteiger partial charge in [0.25, 0.3) is 0 Å². The Bertz CT molecular complexity index is 309. The average molecular weight is 256 g/mol. The Labute approximate surface area is 109 Å². The summed E-state index contributed by atoms with van der Waals surface area (Å²) in [4.78, 5) is 24.8. The molecule has 0 aromatic heterocycles. The molecule has 0 spiro atoms. The van der Waals surface area contributed by atoms with Crippen LogP contribution in [0.2, 0.25) is 0 Å². The Morgan fingerprint density at radius 2 is 1.89 bits per heavy atom. The molecule has 1 aliphatic carbocycles. The van der Waals surface area contributed by atoms with E-state index in [-0.39, 0.29) is 30.8 Å². The Kier molecular flexibility index (Phi) is 5.14. The van der Waals surface area contributed by atoms with Gasteiger partial charge >= 0.3 is 0 Å². The van der Waals surface area contributed by atoms with E-state index in [1.807, 2.05) is 13.8 Å². The number of aliphatic hydroxyl groups is 1. The fourth-order valence-electron chi connectivity index (χ4n) is 2.30. The third-order valence-electron chi connectivity index (χ3n) is 3.27. The molecular weight excluding hydrogens is 232 g/mol. The maximum atomic E-state index is 11.9. The molecule has 0 heterocycles. The minimum Gasteiger partial charge on any atom is -0.389 e. The lowest BCUT2D eigenvalue weighted by atomic mass is 9.97. The molecular formula is C13H24N2O3. The summed E-state index contributed by atoms with van der Waals surface area (Å²) in [6, 6.07) is 0.0695. The number of carbonyl (C=O) groups excluding carboxylic acids is 2. The minimum atomic E-state index is -0.847. The van der Waals surface area contributed by atoms with Crippen LogP contribution >= 0.6 is 0 Å². The quantitative estimate of drug-likeness (QED) is 0.759. The third kappa shape index (κ3) is 4.64. The van der Waals surface area contributed by atoms with Gasteiger partial charge < -0.3 is 15.3 Å². The fourth-order valence-corrected chi connectivity index (χ4v) is 2.30. The van der Waals surface area contributed by atoms with Gasteiger partial charge in [0.05, 0.1) is 18.6 Å². The van der Waals surface area contributed by atoms with Gasteiger partial charge in [0.2, 0.25) is 11.8 Å². The van der Waals surface area contributed by atoms with Gasteiger partial charge in [-0.3, -0.25) is 9.59 Å². The molecule has 0 saturated heterocycles. The first kappa shape index (κ1) is 15.0. The van der Waals surface area contributed by atoms with Crippen molar-refractivity contribution in [1.82, 2.24) is 10.2 Å². The molecule has 2 amide bonds. The Morgan fingerprint density at radius 3 is 2.39 bits per heavy atom. The smallest absolute Gasteiger partial charge is 0.239 e. The number of nitrogens with zero attached hydrogens (tertiary/aromatic N) is 1. The van der Waals surface area contributed by atoms with Gasteiger partial charge in [0.15, 0.2) is 0 Å². The van der Waals surface area contributed by atoms with Gasteiger partial charge in [-0.1, -0.05) is 12.8 Å². The van der Waals surface area contributed by atoms with Crippen LogP contribution in [0.1, 0.15) is 46.0 Å². The summed E-state index contributed by atoms with van der Waals surface area (Å²) < 4.78 is 0. The topological polar surface area (TPSA) is 69.6 Å². The Hall–Kier alpha value is -1.10. The lowest BCUT2D eigenvalue weighted by Gasteiger charge is -2.25. The highest BCUT2D eigenvalue weighted by Crippen LogP contribution is 2.32. The second-order valence-electron chi connectivity index (χ2n) is 5.58. The molecule has 0 aromatic rings. The number of likely N-dealkylation sites (N-methyl/N-ethyl adjacent to an activating group) is 1. The second-order valence-corrected chi connectivity index (χ2v) is 5.58. The van der Waals surface area contributed by atoms with Crippen molar-refractivity contribution in [2.75, 3.05) is 13.6 Å². The van der Waals surface area contributed by atoms with Crippen LogP contribution < -0.4 is 5.32 Å². The second kappa shape index (κ2) is 6.18.